The highest BCUT2D eigenvalue weighted by molar-refractivity contribution is 5.97. The van der Waals surface area contributed by atoms with E-state index in [9.17, 15) is 24.9 Å². The van der Waals surface area contributed by atoms with Crippen molar-refractivity contribution in [2.45, 2.75) is 12.0 Å². The van der Waals surface area contributed by atoms with E-state index in [0.717, 1.165) is 0 Å². The van der Waals surface area contributed by atoms with Crippen LogP contribution in [-0.2, 0) is 21.6 Å². The van der Waals surface area contributed by atoms with E-state index in [0.29, 0.717) is 22.3 Å². The maximum absolute atomic E-state index is 12.7. The van der Waals surface area contributed by atoms with Crippen molar-refractivity contribution in [3.8, 4) is 23.0 Å². The molecule has 0 fully saturated rings. The number of carboxylic acid groups (broad SMARTS) is 1. The third-order valence-electron chi connectivity index (χ3n) is 5.20. The van der Waals surface area contributed by atoms with Gasteiger partial charge in [0.2, 0.25) is 0 Å². The Hall–Kier alpha value is -4.00. The van der Waals surface area contributed by atoms with E-state index >= 15 is 0 Å². The number of phenols is 2. The van der Waals surface area contributed by atoms with Gasteiger partial charge in [0.1, 0.15) is 23.0 Å². The van der Waals surface area contributed by atoms with Crippen molar-refractivity contribution in [2.75, 3.05) is 0 Å². The topological polar surface area (TPSA) is 113 Å². The fraction of sp³-hybridized carbons (Fsp3) is 0.0909. The van der Waals surface area contributed by atoms with E-state index in [1.807, 2.05) is 0 Å². The number of aliphatic carboxylic acids is 1. The second-order valence-corrected chi connectivity index (χ2v) is 6.95. The minimum atomic E-state index is -1.46. The Morgan fingerprint density at radius 3 is 2.48 bits per heavy atom. The average molecular weight is 390 g/mol. The third-order valence-corrected chi connectivity index (χ3v) is 5.20. The van der Waals surface area contributed by atoms with Crippen molar-refractivity contribution < 1.29 is 34.4 Å². The SMILES string of the molecule is O=C(O)Cc1cc(O)cc2c1C1(OC(=O)c3ccccc31)c1ccc(O)cc1O2. The van der Waals surface area contributed by atoms with Gasteiger partial charge in [0.05, 0.1) is 17.5 Å². The van der Waals surface area contributed by atoms with Crippen molar-refractivity contribution >= 4 is 11.9 Å². The molecule has 144 valence electrons. The van der Waals surface area contributed by atoms with Crippen LogP contribution in [0.5, 0.6) is 23.0 Å². The number of carboxylic acids is 1. The Bertz CT molecular complexity index is 1210. The molecule has 3 aromatic rings. The number of ether oxygens (including phenoxy) is 2. The summed E-state index contributed by atoms with van der Waals surface area (Å²) in [6, 6.07) is 13.9. The zero-order chi connectivity index (χ0) is 20.3. The molecule has 0 aromatic heterocycles. The second-order valence-electron chi connectivity index (χ2n) is 6.95. The molecule has 0 saturated carbocycles. The highest BCUT2D eigenvalue weighted by Crippen LogP contribution is 2.58. The largest absolute Gasteiger partial charge is 0.508 e. The van der Waals surface area contributed by atoms with Crippen LogP contribution in [0.15, 0.2) is 54.6 Å². The summed E-state index contributed by atoms with van der Waals surface area (Å²) in [7, 11) is 0. The van der Waals surface area contributed by atoms with Crippen LogP contribution in [0.1, 0.15) is 32.6 Å². The van der Waals surface area contributed by atoms with Crippen LogP contribution in [0.3, 0.4) is 0 Å². The van der Waals surface area contributed by atoms with Gasteiger partial charge in [-0.05, 0) is 29.8 Å². The minimum Gasteiger partial charge on any atom is -0.508 e. The van der Waals surface area contributed by atoms with Gasteiger partial charge < -0.3 is 24.8 Å². The fourth-order valence-electron chi connectivity index (χ4n) is 4.18. The summed E-state index contributed by atoms with van der Waals surface area (Å²) in [4.78, 5) is 24.3. The molecule has 7 nitrogen and oxygen atoms in total. The first kappa shape index (κ1) is 17.1. The second kappa shape index (κ2) is 5.75. The Morgan fingerprint density at radius 1 is 0.931 bits per heavy atom. The lowest BCUT2D eigenvalue weighted by Crippen LogP contribution is -2.34. The normalized spacial score (nSPS) is 18.4. The maximum Gasteiger partial charge on any atom is 0.340 e. The summed E-state index contributed by atoms with van der Waals surface area (Å²) >= 11 is 0. The molecule has 7 heteroatoms. The minimum absolute atomic E-state index is 0.0501. The molecule has 0 aliphatic carbocycles. The number of phenolic OH excluding ortho intramolecular Hbond substituents is 2. The summed E-state index contributed by atoms with van der Waals surface area (Å²) in [5.41, 5.74) is 0.499. The first-order chi connectivity index (χ1) is 13.9. The lowest BCUT2D eigenvalue weighted by molar-refractivity contribution is -0.136. The van der Waals surface area contributed by atoms with Crippen LogP contribution in [0.25, 0.3) is 0 Å². The van der Waals surface area contributed by atoms with E-state index in [1.54, 1.807) is 30.3 Å². The van der Waals surface area contributed by atoms with Gasteiger partial charge >= 0.3 is 11.9 Å². The smallest absolute Gasteiger partial charge is 0.340 e. The molecule has 2 aliphatic rings. The molecular weight excluding hydrogens is 376 g/mol. The first-order valence-corrected chi connectivity index (χ1v) is 8.82. The quantitative estimate of drug-likeness (QED) is 0.576. The number of aromatic hydroxyl groups is 2. The number of carbonyl (C=O) groups is 2. The van der Waals surface area contributed by atoms with Gasteiger partial charge in [0.25, 0.3) is 0 Å². The highest BCUT2D eigenvalue weighted by atomic mass is 16.6. The molecule has 29 heavy (non-hydrogen) atoms. The number of fused-ring (bicyclic) bond motifs is 6. The van der Waals surface area contributed by atoms with E-state index in [1.165, 1.54) is 24.3 Å². The van der Waals surface area contributed by atoms with Gasteiger partial charge in [-0.1, -0.05) is 18.2 Å². The predicted octanol–water partition coefficient (Wildman–Crippen LogP) is 3.29. The molecule has 0 amide bonds. The van der Waals surface area contributed by atoms with E-state index in [-0.39, 0.29) is 28.6 Å². The summed E-state index contributed by atoms with van der Waals surface area (Å²) in [6.45, 7) is 0. The molecular formula is C22H14O7. The molecule has 3 aromatic carbocycles. The fourth-order valence-corrected chi connectivity index (χ4v) is 4.18. The zero-order valence-corrected chi connectivity index (χ0v) is 14.9. The Morgan fingerprint density at radius 2 is 1.69 bits per heavy atom. The van der Waals surface area contributed by atoms with Gasteiger partial charge in [0, 0.05) is 23.3 Å². The maximum atomic E-state index is 12.7. The van der Waals surface area contributed by atoms with Crippen LogP contribution >= 0.6 is 0 Å². The molecule has 0 radical (unpaired) electrons. The molecule has 0 saturated heterocycles. The summed E-state index contributed by atoms with van der Waals surface area (Å²) in [6.07, 6.45) is -0.408. The molecule has 5 rings (SSSR count). The first-order valence-electron chi connectivity index (χ1n) is 8.82. The van der Waals surface area contributed by atoms with Gasteiger partial charge in [-0.25, -0.2) is 4.79 Å². The van der Waals surface area contributed by atoms with Gasteiger partial charge in [-0.2, -0.15) is 0 Å². The summed E-state index contributed by atoms with van der Waals surface area (Å²) < 4.78 is 11.8. The van der Waals surface area contributed by atoms with Crippen molar-refractivity contribution in [1.29, 1.82) is 0 Å². The number of esters is 1. The van der Waals surface area contributed by atoms with Crippen LogP contribution < -0.4 is 4.74 Å². The summed E-state index contributed by atoms with van der Waals surface area (Å²) in [5, 5.41) is 29.5. The number of rotatable bonds is 2. The van der Waals surface area contributed by atoms with Crippen LogP contribution in [-0.4, -0.2) is 27.3 Å². The lowest BCUT2D eigenvalue weighted by Gasteiger charge is -2.37. The third kappa shape index (κ3) is 2.30. The van der Waals surface area contributed by atoms with Crippen LogP contribution in [0.4, 0.5) is 0 Å². The molecule has 0 bridgehead atoms. The number of hydrogen-bond acceptors (Lipinski definition) is 6. The number of carbonyl (C=O) groups excluding carboxylic acids is 1. The molecule has 1 atom stereocenters. The highest BCUT2D eigenvalue weighted by Gasteiger charge is 2.54. The van der Waals surface area contributed by atoms with Gasteiger partial charge in [-0.15, -0.1) is 0 Å². The van der Waals surface area contributed by atoms with Crippen molar-refractivity contribution in [1.82, 2.24) is 0 Å². The molecule has 1 unspecified atom stereocenters. The molecule has 3 N–H and O–H groups in total. The van der Waals surface area contributed by atoms with E-state index in [2.05, 4.69) is 0 Å². The number of hydrogen-bond donors (Lipinski definition) is 3. The van der Waals surface area contributed by atoms with Crippen LogP contribution in [0, 0.1) is 0 Å². The van der Waals surface area contributed by atoms with Crippen LogP contribution in [0.2, 0.25) is 0 Å². The standard InChI is InChI=1S/C22H14O7/c23-12-5-6-16-17(9-12)28-18-10-13(24)7-11(8-19(25)26)20(18)22(16)15-4-2-1-3-14(15)21(27)29-22/h1-7,9-10,23-24H,8H2,(H,25,26). The van der Waals surface area contributed by atoms with E-state index < -0.39 is 24.0 Å². The van der Waals surface area contributed by atoms with Gasteiger partial charge in [0.15, 0.2) is 5.60 Å². The Labute approximate surface area is 164 Å². The average Bonchev–Trinajstić information content (AvgIpc) is 2.94. The van der Waals surface area contributed by atoms with Gasteiger partial charge in [-0.3, -0.25) is 4.79 Å². The van der Waals surface area contributed by atoms with Crippen molar-refractivity contribution in [3.63, 3.8) is 0 Å². The zero-order valence-electron chi connectivity index (χ0n) is 14.9. The monoisotopic (exact) mass is 390 g/mol. The lowest BCUT2D eigenvalue weighted by atomic mass is 9.75. The molecule has 2 heterocycles. The molecule has 1 spiro atoms. The molecule has 2 aliphatic heterocycles. The van der Waals surface area contributed by atoms with Crippen molar-refractivity contribution in [2.24, 2.45) is 0 Å². The van der Waals surface area contributed by atoms with Crippen molar-refractivity contribution in [3.05, 3.63) is 82.4 Å². The predicted molar refractivity (Wildman–Crippen MR) is 99.4 cm³/mol. The Balaban J connectivity index is 1.92. The summed E-state index contributed by atoms with van der Waals surface area (Å²) in [5.74, 6) is -1.50. The Kier molecular flexibility index (Phi) is 3.39. The number of benzene rings is 3. The van der Waals surface area contributed by atoms with E-state index in [4.69, 9.17) is 9.47 Å².